The first-order chi connectivity index (χ1) is 8.43. The Bertz CT molecular complexity index is 453. The molecule has 0 bridgehead atoms. The first-order valence-corrected chi connectivity index (χ1v) is 5.67. The lowest BCUT2D eigenvalue weighted by atomic mass is 10.3. The lowest BCUT2D eigenvalue weighted by molar-refractivity contribution is -0.140. The van der Waals surface area contributed by atoms with E-state index in [9.17, 15) is 14.4 Å². The highest BCUT2D eigenvalue weighted by atomic mass is 32.1. The third-order valence-electron chi connectivity index (χ3n) is 1.96. The summed E-state index contributed by atoms with van der Waals surface area (Å²) in [6.45, 7) is -1.32. The highest BCUT2D eigenvalue weighted by molar-refractivity contribution is 7.12. The number of carboxylic acids is 2. The first-order valence-electron chi connectivity index (χ1n) is 4.79. The standard InChI is InChI=1S/C10H11NO6S/c1-17-6-2-7(18-5-6)10(16)11(3-8(12)13)4-9(14)15/h2,5H,3-4H2,1H3,(H,12,13)(H,14,15). The van der Waals surface area contributed by atoms with Crippen LogP contribution in [0.2, 0.25) is 0 Å². The summed E-state index contributed by atoms with van der Waals surface area (Å²) in [5.74, 6) is -2.72. The van der Waals surface area contributed by atoms with Crippen LogP contribution in [0.15, 0.2) is 11.4 Å². The van der Waals surface area contributed by atoms with E-state index >= 15 is 0 Å². The molecule has 0 aromatic carbocycles. The number of carbonyl (C=O) groups is 3. The summed E-state index contributed by atoms with van der Waals surface area (Å²) in [5, 5.41) is 18.8. The Balaban J connectivity index is 2.86. The van der Waals surface area contributed by atoms with E-state index in [0.29, 0.717) is 5.75 Å². The van der Waals surface area contributed by atoms with Gasteiger partial charge in [-0.05, 0) is 0 Å². The molecule has 18 heavy (non-hydrogen) atoms. The minimum absolute atomic E-state index is 0.231. The molecule has 98 valence electrons. The van der Waals surface area contributed by atoms with Crippen LogP contribution in [-0.4, -0.2) is 53.2 Å². The molecule has 0 aliphatic carbocycles. The van der Waals surface area contributed by atoms with E-state index in [1.54, 1.807) is 5.38 Å². The molecule has 0 saturated carbocycles. The van der Waals surface area contributed by atoms with E-state index in [1.807, 2.05) is 0 Å². The minimum Gasteiger partial charge on any atom is -0.496 e. The Morgan fingerprint density at radius 1 is 1.28 bits per heavy atom. The van der Waals surface area contributed by atoms with Crippen molar-refractivity contribution in [1.82, 2.24) is 4.90 Å². The lowest BCUT2D eigenvalue weighted by Crippen LogP contribution is -2.39. The Morgan fingerprint density at radius 2 is 1.83 bits per heavy atom. The molecular formula is C10H11NO6S. The average Bonchev–Trinajstić information content (AvgIpc) is 2.74. The summed E-state index contributed by atoms with van der Waals surface area (Å²) in [7, 11) is 1.43. The zero-order valence-corrected chi connectivity index (χ0v) is 10.3. The zero-order chi connectivity index (χ0) is 13.7. The predicted molar refractivity (Wildman–Crippen MR) is 62.0 cm³/mol. The molecule has 1 aromatic rings. The van der Waals surface area contributed by atoms with Crippen molar-refractivity contribution >= 4 is 29.2 Å². The van der Waals surface area contributed by atoms with Crippen LogP contribution in [-0.2, 0) is 9.59 Å². The average molecular weight is 273 g/mol. The molecule has 0 saturated heterocycles. The van der Waals surface area contributed by atoms with Crippen LogP contribution in [0.5, 0.6) is 5.75 Å². The van der Waals surface area contributed by atoms with Gasteiger partial charge in [-0.25, -0.2) is 0 Å². The van der Waals surface area contributed by atoms with E-state index in [1.165, 1.54) is 13.2 Å². The topological polar surface area (TPSA) is 104 Å². The third-order valence-corrected chi connectivity index (χ3v) is 2.86. The van der Waals surface area contributed by atoms with Gasteiger partial charge in [0.15, 0.2) is 0 Å². The molecule has 0 fully saturated rings. The van der Waals surface area contributed by atoms with Gasteiger partial charge in [-0.15, -0.1) is 11.3 Å². The zero-order valence-electron chi connectivity index (χ0n) is 9.45. The number of carbonyl (C=O) groups excluding carboxylic acids is 1. The summed E-state index contributed by atoms with van der Waals surface area (Å²) in [6, 6.07) is 1.43. The summed E-state index contributed by atoms with van der Waals surface area (Å²) in [4.78, 5) is 34.0. The first kappa shape index (κ1) is 14.0. The van der Waals surface area contributed by atoms with Crippen LogP contribution in [0.4, 0.5) is 0 Å². The Morgan fingerprint density at radius 3 is 2.22 bits per heavy atom. The lowest BCUT2D eigenvalue weighted by Gasteiger charge is -2.17. The maximum Gasteiger partial charge on any atom is 0.323 e. The molecule has 0 unspecified atom stereocenters. The van der Waals surface area contributed by atoms with Gasteiger partial charge >= 0.3 is 11.9 Å². The Kier molecular flexibility index (Phi) is 4.67. The summed E-state index contributed by atoms with van der Waals surface area (Å²) < 4.78 is 4.89. The van der Waals surface area contributed by atoms with E-state index in [-0.39, 0.29) is 4.88 Å². The monoisotopic (exact) mass is 273 g/mol. The van der Waals surface area contributed by atoms with Crippen molar-refractivity contribution in [1.29, 1.82) is 0 Å². The number of nitrogens with zero attached hydrogens (tertiary/aromatic N) is 1. The van der Waals surface area contributed by atoms with Crippen LogP contribution in [0.3, 0.4) is 0 Å². The van der Waals surface area contributed by atoms with Gasteiger partial charge in [-0.2, -0.15) is 0 Å². The fourth-order valence-corrected chi connectivity index (χ4v) is 2.04. The van der Waals surface area contributed by atoms with Gasteiger partial charge in [0.05, 0.1) is 12.0 Å². The van der Waals surface area contributed by atoms with Gasteiger partial charge < -0.3 is 19.8 Å². The molecule has 0 aliphatic heterocycles. The maximum atomic E-state index is 11.9. The van der Waals surface area contributed by atoms with Gasteiger partial charge in [0.2, 0.25) is 0 Å². The quantitative estimate of drug-likeness (QED) is 0.776. The van der Waals surface area contributed by atoms with E-state index < -0.39 is 30.9 Å². The normalized spacial score (nSPS) is 9.83. The highest BCUT2D eigenvalue weighted by Gasteiger charge is 2.22. The van der Waals surface area contributed by atoms with Gasteiger partial charge in [0.1, 0.15) is 18.8 Å². The fourth-order valence-electron chi connectivity index (χ4n) is 1.22. The molecule has 1 rings (SSSR count). The number of aliphatic carboxylic acids is 2. The molecule has 7 nitrogen and oxygen atoms in total. The van der Waals surface area contributed by atoms with Crippen LogP contribution in [0, 0.1) is 0 Å². The van der Waals surface area contributed by atoms with E-state index in [2.05, 4.69) is 0 Å². The van der Waals surface area contributed by atoms with Crippen LogP contribution < -0.4 is 4.74 Å². The number of ether oxygens (including phenoxy) is 1. The van der Waals surface area contributed by atoms with Crippen molar-refractivity contribution in [2.75, 3.05) is 20.2 Å². The van der Waals surface area contributed by atoms with Crippen molar-refractivity contribution in [2.45, 2.75) is 0 Å². The number of thiophene rings is 1. The number of amides is 1. The molecule has 1 aromatic heterocycles. The maximum absolute atomic E-state index is 11.9. The Hall–Kier alpha value is -2.09. The molecule has 0 spiro atoms. The molecule has 8 heteroatoms. The van der Waals surface area contributed by atoms with Crippen molar-refractivity contribution in [3.05, 3.63) is 16.3 Å². The molecule has 0 atom stereocenters. The van der Waals surface area contributed by atoms with Gasteiger partial charge in [-0.1, -0.05) is 0 Å². The molecule has 0 radical (unpaired) electrons. The molecular weight excluding hydrogens is 262 g/mol. The second-order valence-corrected chi connectivity index (χ2v) is 4.21. The van der Waals surface area contributed by atoms with Crippen LogP contribution >= 0.6 is 11.3 Å². The SMILES string of the molecule is COc1csc(C(=O)N(CC(=O)O)CC(=O)O)c1. The van der Waals surface area contributed by atoms with Crippen molar-refractivity contribution in [3.8, 4) is 5.75 Å². The summed E-state index contributed by atoms with van der Waals surface area (Å²) >= 11 is 1.06. The smallest absolute Gasteiger partial charge is 0.323 e. The fraction of sp³-hybridized carbons (Fsp3) is 0.300. The molecule has 1 heterocycles. The highest BCUT2D eigenvalue weighted by Crippen LogP contribution is 2.22. The second-order valence-electron chi connectivity index (χ2n) is 3.30. The van der Waals surface area contributed by atoms with Gasteiger partial charge in [0.25, 0.3) is 5.91 Å². The number of methoxy groups -OCH3 is 1. The predicted octanol–water partition coefficient (Wildman–Crippen LogP) is 0.368. The van der Waals surface area contributed by atoms with Crippen molar-refractivity contribution < 1.29 is 29.3 Å². The number of carboxylic acid groups (broad SMARTS) is 2. The third kappa shape index (κ3) is 3.74. The largest absolute Gasteiger partial charge is 0.496 e. The van der Waals surface area contributed by atoms with E-state index in [4.69, 9.17) is 14.9 Å². The second kappa shape index (κ2) is 6.01. The Labute approximate surface area is 106 Å². The molecule has 2 N–H and O–H groups in total. The van der Waals surface area contributed by atoms with E-state index in [0.717, 1.165) is 16.2 Å². The minimum atomic E-state index is -1.27. The van der Waals surface area contributed by atoms with Gasteiger partial charge in [0, 0.05) is 11.4 Å². The van der Waals surface area contributed by atoms with Crippen molar-refractivity contribution in [3.63, 3.8) is 0 Å². The summed E-state index contributed by atoms with van der Waals surface area (Å²) in [5.41, 5.74) is 0. The van der Waals surface area contributed by atoms with Crippen LogP contribution in [0.25, 0.3) is 0 Å². The number of rotatable bonds is 6. The van der Waals surface area contributed by atoms with Gasteiger partial charge in [-0.3, -0.25) is 14.4 Å². The summed E-state index contributed by atoms with van der Waals surface area (Å²) in [6.07, 6.45) is 0. The molecule has 0 aliphatic rings. The number of hydrogen-bond acceptors (Lipinski definition) is 5. The van der Waals surface area contributed by atoms with Crippen molar-refractivity contribution in [2.24, 2.45) is 0 Å². The number of hydrogen-bond donors (Lipinski definition) is 2. The molecule has 1 amide bonds. The van der Waals surface area contributed by atoms with Crippen LogP contribution in [0.1, 0.15) is 9.67 Å².